The number of rotatable bonds is 5. The third-order valence-corrected chi connectivity index (χ3v) is 4.72. The Hall–Kier alpha value is -3.93. The van der Waals surface area contributed by atoms with Crippen molar-refractivity contribution in [2.24, 2.45) is 0 Å². The van der Waals surface area contributed by atoms with Crippen LogP contribution < -0.4 is 10.1 Å². The van der Waals surface area contributed by atoms with Crippen molar-refractivity contribution in [2.75, 3.05) is 12.4 Å². The van der Waals surface area contributed by atoms with Crippen LogP contribution in [0, 0.1) is 12.7 Å². The van der Waals surface area contributed by atoms with Crippen LogP contribution in [0.5, 0.6) is 5.75 Å². The van der Waals surface area contributed by atoms with Crippen molar-refractivity contribution in [3.8, 4) is 22.7 Å². The Bertz CT molecular complexity index is 1190. The number of methoxy groups -OCH3 is 1. The fraction of sp³-hybridized carbons (Fsp3) is 0.0833. The number of aryl methyl sites for hydroxylation is 1. The fourth-order valence-electron chi connectivity index (χ4n) is 3.13. The minimum absolute atomic E-state index is 0.124. The molecule has 150 valence electrons. The van der Waals surface area contributed by atoms with Crippen molar-refractivity contribution in [3.05, 3.63) is 95.9 Å². The second kappa shape index (κ2) is 8.21. The van der Waals surface area contributed by atoms with Crippen LogP contribution in [0.15, 0.2) is 79.0 Å². The van der Waals surface area contributed by atoms with E-state index in [4.69, 9.17) is 4.74 Å². The molecule has 1 aromatic heterocycles. The molecule has 0 atom stereocenters. The molecule has 0 saturated heterocycles. The van der Waals surface area contributed by atoms with Crippen LogP contribution in [0.4, 0.5) is 10.1 Å². The van der Waals surface area contributed by atoms with Gasteiger partial charge in [-0.2, -0.15) is 5.10 Å². The van der Waals surface area contributed by atoms with Gasteiger partial charge in [-0.3, -0.25) is 4.79 Å². The van der Waals surface area contributed by atoms with Gasteiger partial charge in [-0.25, -0.2) is 9.07 Å². The zero-order chi connectivity index (χ0) is 21.1. The van der Waals surface area contributed by atoms with Crippen LogP contribution in [0.1, 0.15) is 15.9 Å². The quantitative estimate of drug-likeness (QED) is 0.497. The van der Waals surface area contributed by atoms with E-state index in [1.54, 1.807) is 49.2 Å². The summed E-state index contributed by atoms with van der Waals surface area (Å²) in [5.74, 6) is -0.218. The maximum Gasteiger partial charge on any atom is 0.259 e. The molecule has 0 radical (unpaired) electrons. The van der Waals surface area contributed by atoms with Crippen LogP contribution in [-0.4, -0.2) is 22.8 Å². The number of aromatic nitrogens is 2. The van der Waals surface area contributed by atoms with Gasteiger partial charge in [-0.1, -0.05) is 24.3 Å². The number of para-hydroxylation sites is 1. The summed E-state index contributed by atoms with van der Waals surface area (Å²) in [7, 11) is 1.59. The molecule has 4 rings (SSSR count). The number of anilines is 1. The molecule has 1 N–H and O–H groups in total. The van der Waals surface area contributed by atoms with Gasteiger partial charge < -0.3 is 10.1 Å². The lowest BCUT2D eigenvalue weighted by Crippen LogP contribution is -2.13. The molecule has 0 aliphatic carbocycles. The molecule has 0 spiro atoms. The molecule has 30 heavy (non-hydrogen) atoms. The van der Waals surface area contributed by atoms with E-state index in [9.17, 15) is 9.18 Å². The van der Waals surface area contributed by atoms with E-state index in [1.807, 2.05) is 42.5 Å². The highest BCUT2D eigenvalue weighted by molar-refractivity contribution is 6.08. The lowest BCUT2D eigenvalue weighted by molar-refractivity contribution is 0.102. The third-order valence-electron chi connectivity index (χ3n) is 4.72. The maximum absolute atomic E-state index is 14.3. The summed E-state index contributed by atoms with van der Waals surface area (Å²) in [4.78, 5) is 13.1. The Morgan fingerprint density at radius 1 is 1.03 bits per heavy atom. The number of carbonyl (C=O) groups excluding carboxylic acids is 1. The molecule has 0 bridgehead atoms. The normalized spacial score (nSPS) is 10.6. The van der Waals surface area contributed by atoms with Crippen LogP contribution in [0.2, 0.25) is 0 Å². The number of hydrogen-bond acceptors (Lipinski definition) is 3. The monoisotopic (exact) mass is 401 g/mol. The predicted molar refractivity (Wildman–Crippen MR) is 115 cm³/mol. The van der Waals surface area contributed by atoms with Crippen LogP contribution in [0.3, 0.4) is 0 Å². The number of benzene rings is 3. The molecule has 0 aliphatic rings. The Morgan fingerprint density at radius 2 is 1.77 bits per heavy atom. The van der Waals surface area contributed by atoms with E-state index in [1.165, 1.54) is 6.07 Å². The number of halogens is 1. The Balaban J connectivity index is 1.76. The van der Waals surface area contributed by atoms with Gasteiger partial charge in [0.15, 0.2) is 0 Å². The average Bonchev–Trinajstić information content (AvgIpc) is 3.22. The van der Waals surface area contributed by atoms with E-state index < -0.39 is 11.7 Å². The van der Waals surface area contributed by atoms with Gasteiger partial charge in [0.1, 0.15) is 17.3 Å². The SMILES string of the molecule is COc1ccc(-c2nn(-c3ccccc3)cc2C(=O)Nc2ccc(C)cc2F)cc1. The number of nitrogens with one attached hydrogen (secondary N) is 1. The van der Waals surface area contributed by atoms with E-state index in [0.29, 0.717) is 17.0 Å². The topological polar surface area (TPSA) is 56.2 Å². The third kappa shape index (κ3) is 3.93. The number of nitrogens with zero attached hydrogens (tertiary/aromatic N) is 2. The molecule has 0 aliphatic heterocycles. The van der Waals surface area contributed by atoms with Crippen LogP contribution in [0.25, 0.3) is 16.9 Å². The van der Waals surface area contributed by atoms with Gasteiger partial charge in [-0.05, 0) is 61.0 Å². The lowest BCUT2D eigenvalue weighted by atomic mass is 10.1. The van der Waals surface area contributed by atoms with Crippen molar-refractivity contribution in [2.45, 2.75) is 6.92 Å². The Labute approximate surface area is 173 Å². The molecule has 0 saturated carbocycles. The first kappa shape index (κ1) is 19.4. The Kier molecular flexibility index (Phi) is 5.30. The van der Waals surface area contributed by atoms with E-state index >= 15 is 0 Å². The smallest absolute Gasteiger partial charge is 0.259 e. The number of ether oxygens (including phenoxy) is 1. The van der Waals surface area contributed by atoms with E-state index in [-0.39, 0.29) is 5.69 Å². The van der Waals surface area contributed by atoms with Crippen LogP contribution >= 0.6 is 0 Å². The molecule has 1 heterocycles. The first-order chi connectivity index (χ1) is 14.5. The summed E-state index contributed by atoms with van der Waals surface area (Å²) in [6, 6.07) is 21.4. The Morgan fingerprint density at radius 3 is 2.43 bits per heavy atom. The maximum atomic E-state index is 14.3. The van der Waals surface area contributed by atoms with Crippen molar-refractivity contribution in [3.63, 3.8) is 0 Å². The van der Waals surface area contributed by atoms with Gasteiger partial charge in [0.2, 0.25) is 0 Å². The fourth-order valence-corrected chi connectivity index (χ4v) is 3.13. The highest BCUT2D eigenvalue weighted by atomic mass is 19.1. The van der Waals surface area contributed by atoms with Gasteiger partial charge >= 0.3 is 0 Å². The molecule has 0 fully saturated rings. The second-order valence-corrected chi connectivity index (χ2v) is 6.84. The van der Waals surface area contributed by atoms with Crippen LogP contribution in [-0.2, 0) is 0 Å². The van der Waals surface area contributed by atoms with Gasteiger partial charge in [-0.15, -0.1) is 0 Å². The summed E-state index contributed by atoms with van der Waals surface area (Å²) < 4.78 is 21.1. The van der Waals surface area contributed by atoms with Crippen molar-refractivity contribution in [1.29, 1.82) is 0 Å². The molecule has 4 aromatic rings. The summed E-state index contributed by atoms with van der Waals surface area (Å²) >= 11 is 0. The molecule has 3 aromatic carbocycles. The molecule has 6 heteroatoms. The van der Waals surface area contributed by atoms with Gasteiger partial charge in [0, 0.05) is 11.8 Å². The molecular weight excluding hydrogens is 381 g/mol. The first-order valence-corrected chi connectivity index (χ1v) is 9.42. The molecule has 1 amide bonds. The predicted octanol–water partition coefficient (Wildman–Crippen LogP) is 5.25. The molecule has 5 nitrogen and oxygen atoms in total. The summed E-state index contributed by atoms with van der Waals surface area (Å²) in [6.45, 7) is 1.79. The average molecular weight is 401 g/mol. The summed E-state index contributed by atoms with van der Waals surface area (Å²) in [6.07, 6.45) is 1.65. The minimum atomic E-state index is -0.482. The zero-order valence-electron chi connectivity index (χ0n) is 16.6. The molecular formula is C24H20FN3O2. The summed E-state index contributed by atoms with van der Waals surface area (Å²) in [5.41, 5.74) is 3.29. The number of carbonyl (C=O) groups is 1. The number of amides is 1. The highest BCUT2D eigenvalue weighted by Crippen LogP contribution is 2.27. The highest BCUT2D eigenvalue weighted by Gasteiger charge is 2.20. The first-order valence-electron chi connectivity index (χ1n) is 9.42. The second-order valence-electron chi connectivity index (χ2n) is 6.84. The van der Waals surface area contributed by atoms with Gasteiger partial charge in [0.05, 0.1) is 24.0 Å². The lowest BCUT2D eigenvalue weighted by Gasteiger charge is -2.07. The van der Waals surface area contributed by atoms with Crippen molar-refractivity contribution >= 4 is 11.6 Å². The standard InChI is InChI=1S/C24H20FN3O2/c1-16-8-13-22(21(25)14-16)26-24(29)20-15-28(18-6-4-3-5-7-18)27-23(20)17-9-11-19(30-2)12-10-17/h3-15H,1-2H3,(H,26,29). The molecule has 0 unspecified atom stereocenters. The largest absolute Gasteiger partial charge is 0.497 e. The zero-order valence-corrected chi connectivity index (χ0v) is 16.6. The van der Waals surface area contributed by atoms with Gasteiger partial charge in [0.25, 0.3) is 5.91 Å². The number of hydrogen-bond donors (Lipinski definition) is 1. The van der Waals surface area contributed by atoms with E-state index in [0.717, 1.165) is 16.8 Å². The minimum Gasteiger partial charge on any atom is -0.497 e. The summed E-state index contributed by atoms with van der Waals surface area (Å²) in [5, 5.41) is 7.29. The van der Waals surface area contributed by atoms with E-state index in [2.05, 4.69) is 10.4 Å². The van der Waals surface area contributed by atoms with Crippen molar-refractivity contribution in [1.82, 2.24) is 9.78 Å². The van der Waals surface area contributed by atoms with Crippen molar-refractivity contribution < 1.29 is 13.9 Å².